The van der Waals surface area contributed by atoms with Crippen LogP contribution in [0.4, 0.5) is 0 Å². The molecular weight excluding hydrogens is 366 g/mol. The molecule has 0 radical (unpaired) electrons. The molecule has 0 aliphatic rings. The van der Waals surface area contributed by atoms with Gasteiger partial charge in [-0.1, -0.05) is 18.2 Å². The average Bonchev–Trinajstić information content (AvgIpc) is 3.05. The lowest BCUT2D eigenvalue weighted by Crippen LogP contribution is -2.14. The normalized spacial score (nSPS) is 11.1. The third-order valence-corrected chi connectivity index (χ3v) is 4.93. The van der Waals surface area contributed by atoms with Gasteiger partial charge in [-0.3, -0.25) is 4.79 Å². The summed E-state index contributed by atoms with van der Waals surface area (Å²) >= 11 is 0. The number of ether oxygens (including phenoxy) is 2. The summed E-state index contributed by atoms with van der Waals surface area (Å²) in [5.41, 5.74) is 3.52. The molecule has 2 aromatic heterocycles. The number of aromatic nitrogens is 3. The minimum atomic E-state index is -0.0543. The van der Waals surface area contributed by atoms with Crippen LogP contribution in [-0.2, 0) is 18.3 Å². The van der Waals surface area contributed by atoms with Crippen molar-refractivity contribution >= 4 is 11.0 Å². The number of fused-ring (bicyclic) bond motifs is 1. The molecule has 0 spiro atoms. The van der Waals surface area contributed by atoms with Crippen molar-refractivity contribution in [1.82, 2.24) is 14.1 Å². The van der Waals surface area contributed by atoms with Crippen LogP contribution >= 0.6 is 0 Å². The highest BCUT2D eigenvalue weighted by Gasteiger charge is 2.19. The first-order valence-electron chi connectivity index (χ1n) is 9.47. The van der Waals surface area contributed by atoms with Crippen LogP contribution in [0.5, 0.6) is 11.5 Å². The van der Waals surface area contributed by atoms with Crippen molar-refractivity contribution in [3.8, 4) is 22.6 Å². The van der Waals surface area contributed by atoms with Gasteiger partial charge in [0.05, 0.1) is 12.1 Å². The lowest BCUT2D eigenvalue weighted by Gasteiger charge is -2.16. The van der Waals surface area contributed by atoms with Crippen molar-refractivity contribution in [1.29, 1.82) is 0 Å². The number of benzene rings is 2. The number of para-hydroxylation sites is 1. The van der Waals surface area contributed by atoms with E-state index < -0.39 is 0 Å². The Bertz CT molecular complexity index is 1210. The van der Waals surface area contributed by atoms with E-state index >= 15 is 0 Å². The maximum Gasteiger partial charge on any atom is 0.250 e. The van der Waals surface area contributed by atoms with E-state index in [9.17, 15) is 4.79 Å². The second-order valence-electron chi connectivity index (χ2n) is 6.90. The molecule has 2 aromatic carbocycles. The van der Waals surface area contributed by atoms with E-state index in [0.717, 1.165) is 33.7 Å². The van der Waals surface area contributed by atoms with Gasteiger partial charge in [-0.15, -0.1) is 0 Å². The second kappa shape index (κ2) is 7.93. The van der Waals surface area contributed by atoms with Crippen LogP contribution in [0.25, 0.3) is 22.2 Å². The molecule has 0 amide bonds. The summed E-state index contributed by atoms with van der Waals surface area (Å²) in [6.45, 7) is 3.22. The van der Waals surface area contributed by atoms with Crippen molar-refractivity contribution < 1.29 is 9.47 Å². The predicted molar refractivity (Wildman–Crippen MR) is 114 cm³/mol. The fourth-order valence-corrected chi connectivity index (χ4v) is 3.45. The molecule has 148 valence electrons. The molecule has 6 heteroatoms. The van der Waals surface area contributed by atoms with Gasteiger partial charge in [-0.2, -0.15) is 0 Å². The Morgan fingerprint density at radius 2 is 1.83 bits per heavy atom. The summed E-state index contributed by atoms with van der Waals surface area (Å²) in [6, 6.07) is 17.1. The molecule has 4 aromatic rings. The number of hydrogen-bond donors (Lipinski definition) is 0. The van der Waals surface area contributed by atoms with E-state index in [1.807, 2.05) is 61.7 Å². The van der Waals surface area contributed by atoms with E-state index in [4.69, 9.17) is 14.5 Å². The Labute approximate surface area is 169 Å². The largest absolute Gasteiger partial charge is 0.454 e. The van der Waals surface area contributed by atoms with Gasteiger partial charge in [-0.05, 0) is 37.3 Å². The zero-order chi connectivity index (χ0) is 20.4. The number of hydrogen-bond acceptors (Lipinski definition) is 4. The minimum absolute atomic E-state index is 0.0543. The van der Waals surface area contributed by atoms with Crippen LogP contribution in [0.3, 0.4) is 0 Å². The first kappa shape index (κ1) is 19.0. The molecule has 2 heterocycles. The molecule has 0 saturated carbocycles. The first-order chi connectivity index (χ1) is 14.1. The van der Waals surface area contributed by atoms with Gasteiger partial charge in [0.1, 0.15) is 17.1 Å². The fraction of sp³-hybridized carbons (Fsp3) is 0.217. The predicted octanol–water partition coefficient (Wildman–Crippen LogP) is 4.15. The third kappa shape index (κ3) is 3.67. The smallest absolute Gasteiger partial charge is 0.250 e. The highest BCUT2D eigenvalue weighted by molar-refractivity contribution is 5.91. The molecule has 0 bridgehead atoms. The third-order valence-electron chi connectivity index (χ3n) is 4.93. The summed E-state index contributed by atoms with van der Waals surface area (Å²) in [4.78, 5) is 16.6. The summed E-state index contributed by atoms with van der Waals surface area (Å²) in [5, 5.41) is 0. The quantitative estimate of drug-likeness (QED) is 0.497. The molecule has 0 aliphatic heterocycles. The number of imidazole rings is 1. The lowest BCUT2D eigenvalue weighted by atomic mass is 10.1. The molecular formula is C23H23N3O3. The Morgan fingerprint density at radius 3 is 2.55 bits per heavy atom. The highest BCUT2D eigenvalue weighted by atomic mass is 16.5. The SMILES string of the molecule is COCCn1c(C)nc2ccc(-c3ccc(=O)n(C)c3)c(Oc3ccccc3)c21. The van der Waals surface area contributed by atoms with Gasteiger partial charge in [0.15, 0.2) is 5.75 Å². The van der Waals surface area contributed by atoms with Gasteiger partial charge in [0.2, 0.25) is 5.56 Å². The van der Waals surface area contributed by atoms with Crippen LogP contribution in [0, 0.1) is 6.92 Å². The van der Waals surface area contributed by atoms with Crippen molar-refractivity contribution in [2.24, 2.45) is 7.05 Å². The number of aryl methyl sites for hydroxylation is 2. The molecule has 0 unspecified atom stereocenters. The number of pyridine rings is 1. The van der Waals surface area contributed by atoms with Crippen molar-refractivity contribution in [2.45, 2.75) is 13.5 Å². The van der Waals surface area contributed by atoms with Crippen LogP contribution < -0.4 is 10.3 Å². The van der Waals surface area contributed by atoms with Gasteiger partial charge in [-0.25, -0.2) is 4.98 Å². The Kier molecular flexibility index (Phi) is 5.18. The zero-order valence-corrected chi connectivity index (χ0v) is 16.8. The molecule has 0 fully saturated rings. The number of rotatable bonds is 6. The number of methoxy groups -OCH3 is 1. The molecule has 0 N–H and O–H groups in total. The van der Waals surface area contributed by atoms with Gasteiger partial charge in [0.25, 0.3) is 0 Å². The fourth-order valence-electron chi connectivity index (χ4n) is 3.45. The molecule has 0 aliphatic carbocycles. The van der Waals surface area contributed by atoms with Crippen LogP contribution in [0.1, 0.15) is 5.82 Å². The van der Waals surface area contributed by atoms with E-state index in [2.05, 4.69) is 4.57 Å². The van der Waals surface area contributed by atoms with Crippen molar-refractivity contribution in [3.05, 3.63) is 77.0 Å². The van der Waals surface area contributed by atoms with Crippen LogP contribution in [0.2, 0.25) is 0 Å². The van der Waals surface area contributed by atoms with Gasteiger partial charge >= 0.3 is 0 Å². The van der Waals surface area contributed by atoms with E-state index in [-0.39, 0.29) is 5.56 Å². The summed E-state index contributed by atoms with van der Waals surface area (Å²) in [6.07, 6.45) is 1.82. The van der Waals surface area contributed by atoms with E-state index in [1.165, 1.54) is 0 Å². The molecule has 0 atom stereocenters. The maximum absolute atomic E-state index is 11.9. The highest BCUT2D eigenvalue weighted by Crippen LogP contribution is 2.39. The van der Waals surface area contributed by atoms with Crippen molar-refractivity contribution in [2.75, 3.05) is 13.7 Å². The Hall–Kier alpha value is -3.38. The Balaban J connectivity index is 1.97. The van der Waals surface area contributed by atoms with Crippen molar-refractivity contribution in [3.63, 3.8) is 0 Å². The van der Waals surface area contributed by atoms with Gasteiger partial charge in [0, 0.05) is 44.1 Å². The zero-order valence-electron chi connectivity index (χ0n) is 16.8. The Morgan fingerprint density at radius 1 is 1.03 bits per heavy atom. The monoisotopic (exact) mass is 389 g/mol. The molecule has 4 rings (SSSR count). The van der Waals surface area contributed by atoms with E-state index in [1.54, 1.807) is 24.8 Å². The average molecular weight is 389 g/mol. The summed E-state index contributed by atoms with van der Waals surface area (Å²) in [7, 11) is 3.43. The molecule has 29 heavy (non-hydrogen) atoms. The summed E-state index contributed by atoms with van der Waals surface area (Å²) < 4.78 is 15.4. The van der Waals surface area contributed by atoms with E-state index in [0.29, 0.717) is 18.9 Å². The second-order valence-corrected chi connectivity index (χ2v) is 6.90. The van der Waals surface area contributed by atoms with Gasteiger partial charge < -0.3 is 18.6 Å². The van der Waals surface area contributed by atoms with Crippen LogP contribution in [0.15, 0.2) is 65.6 Å². The standard InChI is InChI=1S/C23H23N3O3/c1-16-24-20-11-10-19(17-9-12-21(27)25(2)15-17)23(22(20)26(16)13-14-28-3)29-18-7-5-4-6-8-18/h4-12,15H,13-14H2,1-3H3. The van der Waals surface area contributed by atoms with Crippen LogP contribution in [-0.4, -0.2) is 27.8 Å². The number of nitrogens with zero attached hydrogens (tertiary/aromatic N) is 3. The maximum atomic E-state index is 11.9. The summed E-state index contributed by atoms with van der Waals surface area (Å²) in [5.74, 6) is 2.35. The topological polar surface area (TPSA) is 58.3 Å². The molecule has 0 saturated heterocycles. The minimum Gasteiger partial charge on any atom is -0.454 e. The first-order valence-corrected chi connectivity index (χ1v) is 9.47. The lowest BCUT2D eigenvalue weighted by molar-refractivity contribution is 0.187. The molecule has 6 nitrogen and oxygen atoms in total.